The average Bonchev–Trinajstić information content (AvgIpc) is 3.92. The van der Waals surface area contributed by atoms with Crippen molar-refractivity contribution in [1.29, 1.82) is 0 Å². The van der Waals surface area contributed by atoms with Gasteiger partial charge in [-0.25, -0.2) is 18.7 Å². The molecule has 0 aromatic heterocycles. The molecule has 73 heavy (non-hydrogen) atoms. The summed E-state index contributed by atoms with van der Waals surface area (Å²) in [7, 11) is -1.85. The van der Waals surface area contributed by atoms with Crippen LogP contribution in [0.5, 0.6) is 0 Å². The van der Waals surface area contributed by atoms with E-state index in [1.54, 1.807) is 0 Å². The Kier molecular flexibility index (Phi) is 23.9. The molecule has 6 aromatic carbocycles. The fourth-order valence-corrected chi connectivity index (χ4v) is 16.1. The Labute approximate surface area is 456 Å². The highest BCUT2D eigenvalue weighted by atomic mass is 35.7. The van der Waals surface area contributed by atoms with Gasteiger partial charge < -0.3 is 20.3 Å². The molecule has 4 atom stereocenters. The molecule has 2 saturated heterocycles. The maximum atomic E-state index is 8.62. The zero-order valence-electron chi connectivity index (χ0n) is 43.9. The van der Waals surface area contributed by atoms with Crippen molar-refractivity contribution in [2.24, 2.45) is 0 Å². The maximum absolute atomic E-state index is 8.62. The standard InChI is InChI=1S/C29H37N4OPS.C20H26ClN2P.C11H14OS/c1-22(2)32-27(24-14-8-5-9-15-24)28(25-16-10-6-11-17-25)33(23(3)4)35(32)34-21-20-30-29(36)31-26-18-12-7-13-19-26;1-15(2)22-19(17-11-7-5-8-12-17)20(18-13-9-6-10-14-18)23(16(3)4)24(22)21;12-8-4-7-11(13)9-10-5-2-1-3-6-10/h5-19,22-23,27-28H,20-21H2,1-4H3,(H2,30,31,36);5-16,19-20H,1-4H3;1-3,5-6,12H,4,7-9H2/t27-,28-;19-,20-;/m11./s1. The quantitative estimate of drug-likeness (QED) is 0.0441. The smallest absolute Gasteiger partial charge is 0.189 e. The molecule has 8 nitrogen and oxygen atoms in total. The fourth-order valence-electron chi connectivity index (χ4n) is 9.55. The van der Waals surface area contributed by atoms with Crippen LogP contribution in [0.2, 0.25) is 0 Å². The lowest BCUT2D eigenvalue weighted by molar-refractivity contribution is 0.227. The first-order valence-corrected chi connectivity index (χ1v) is 29.9. The second-order valence-corrected chi connectivity index (χ2v) is 24.4. The predicted octanol–water partition coefficient (Wildman–Crippen LogP) is 15.9. The van der Waals surface area contributed by atoms with E-state index in [1.807, 2.05) is 48.5 Å². The fraction of sp³-hybridized carbons (Fsp3) is 0.367. The Bertz CT molecular complexity index is 2390. The Balaban J connectivity index is 0.000000201. The first kappa shape index (κ1) is 58.3. The molecule has 13 heteroatoms. The van der Waals surface area contributed by atoms with Crippen molar-refractivity contribution < 1.29 is 9.63 Å². The van der Waals surface area contributed by atoms with Gasteiger partial charge in [0.15, 0.2) is 13.6 Å². The molecule has 0 radical (unpaired) electrons. The highest BCUT2D eigenvalue weighted by molar-refractivity contribution is 7.80. The van der Waals surface area contributed by atoms with Crippen molar-refractivity contribution >= 4 is 67.4 Å². The number of benzene rings is 6. The molecule has 8 rings (SSSR count). The molecule has 388 valence electrons. The van der Waals surface area contributed by atoms with Gasteiger partial charge in [-0.15, -0.1) is 0 Å². The molecule has 0 spiro atoms. The summed E-state index contributed by atoms with van der Waals surface area (Å²) in [6.07, 6.45) is 2.49. The number of aliphatic hydroxyl groups excluding tert-OH is 1. The zero-order chi connectivity index (χ0) is 52.3. The molecule has 0 amide bonds. The van der Waals surface area contributed by atoms with Gasteiger partial charge in [-0.3, -0.25) is 0 Å². The summed E-state index contributed by atoms with van der Waals surface area (Å²) >= 11 is 17.7. The van der Waals surface area contributed by atoms with E-state index in [1.165, 1.54) is 27.8 Å². The first-order valence-electron chi connectivity index (χ1n) is 25.8. The van der Waals surface area contributed by atoms with Gasteiger partial charge in [-0.2, -0.15) is 0 Å². The van der Waals surface area contributed by atoms with Crippen molar-refractivity contribution in [2.75, 3.05) is 25.1 Å². The number of thiocarbonyl (C=S) groups is 2. The molecule has 2 heterocycles. The summed E-state index contributed by atoms with van der Waals surface area (Å²) in [5, 5.41) is 15.8. The number of anilines is 1. The highest BCUT2D eigenvalue weighted by Crippen LogP contribution is 2.69. The van der Waals surface area contributed by atoms with Crippen molar-refractivity contribution in [3.05, 3.63) is 210 Å². The topological polar surface area (TPSA) is 66.5 Å². The molecule has 3 N–H and O–H groups in total. The summed E-state index contributed by atoms with van der Waals surface area (Å²) in [6, 6.07) is 65.9. The van der Waals surface area contributed by atoms with E-state index in [4.69, 9.17) is 45.3 Å². The third-order valence-corrected chi connectivity index (χ3v) is 19.1. The number of nitrogens with zero attached hydrogens (tertiary/aromatic N) is 4. The van der Waals surface area contributed by atoms with Crippen LogP contribution in [0.4, 0.5) is 5.69 Å². The van der Waals surface area contributed by atoms with Crippen LogP contribution in [-0.4, -0.2) is 77.7 Å². The summed E-state index contributed by atoms with van der Waals surface area (Å²) in [4.78, 5) is 1.03. The van der Waals surface area contributed by atoms with Crippen LogP contribution in [0.25, 0.3) is 0 Å². The van der Waals surface area contributed by atoms with Crippen molar-refractivity contribution in [3.63, 3.8) is 0 Å². The molecule has 2 aliphatic heterocycles. The van der Waals surface area contributed by atoms with Crippen LogP contribution in [0.15, 0.2) is 182 Å². The van der Waals surface area contributed by atoms with Gasteiger partial charge in [0.05, 0.1) is 30.8 Å². The molecule has 0 bridgehead atoms. The van der Waals surface area contributed by atoms with Crippen LogP contribution in [0, 0.1) is 0 Å². The molecule has 0 aliphatic carbocycles. The minimum atomic E-state index is -0.993. The van der Waals surface area contributed by atoms with Gasteiger partial charge in [0, 0.05) is 49.4 Å². The highest BCUT2D eigenvalue weighted by Gasteiger charge is 2.52. The summed E-state index contributed by atoms with van der Waals surface area (Å²) < 4.78 is 16.9. The average molecular weight is 1080 g/mol. The second kappa shape index (κ2) is 29.9. The van der Waals surface area contributed by atoms with Crippen molar-refractivity contribution in [2.45, 2.75) is 123 Å². The lowest BCUT2D eigenvalue weighted by Gasteiger charge is -2.34. The molecule has 2 fully saturated rings. The molecular formula is C60H77ClN6O2P2S2. The summed E-state index contributed by atoms with van der Waals surface area (Å²) in [5.41, 5.74) is 7.57. The molecule has 2 aliphatic rings. The van der Waals surface area contributed by atoms with E-state index in [-0.39, 0.29) is 30.8 Å². The molecule has 0 saturated carbocycles. The van der Waals surface area contributed by atoms with Gasteiger partial charge in [-0.1, -0.05) is 193 Å². The van der Waals surface area contributed by atoms with E-state index in [9.17, 15) is 0 Å². The number of para-hydroxylation sites is 1. The number of rotatable bonds is 18. The monoisotopic (exact) mass is 1070 g/mol. The normalized spacial score (nSPS) is 18.9. The van der Waals surface area contributed by atoms with Crippen LogP contribution in [0.1, 0.15) is 120 Å². The molecule has 0 unspecified atom stereocenters. The molecule has 6 aromatic rings. The van der Waals surface area contributed by atoms with Crippen LogP contribution in [-0.2, 0) is 10.9 Å². The maximum Gasteiger partial charge on any atom is 0.189 e. The van der Waals surface area contributed by atoms with Gasteiger partial charge in [0.1, 0.15) is 7.58 Å². The lowest BCUT2D eigenvalue weighted by atomic mass is 9.92. The number of hydrogen-bond donors (Lipinski definition) is 3. The third-order valence-electron chi connectivity index (χ3n) is 12.7. The number of hydrogen-bond acceptors (Lipinski definition) is 8. The van der Waals surface area contributed by atoms with Gasteiger partial charge >= 0.3 is 0 Å². The first-order chi connectivity index (χ1) is 35.3. The minimum absolute atomic E-state index is 0.205. The van der Waals surface area contributed by atoms with Gasteiger partial charge in [-0.05, 0) is 125 Å². The lowest BCUT2D eigenvalue weighted by Crippen LogP contribution is -2.33. The Morgan fingerprint density at radius 2 is 0.877 bits per heavy atom. The predicted molar refractivity (Wildman–Crippen MR) is 320 cm³/mol. The largest absolute Gasteiger partial charge is 0.396 e. The Hall–Kier alpha value is -3.99. The van der Waals surface area contributed by atoms with Crippen LogP contribution in [0.3, 0.4) is 0 Å². The SMILES string of the molecule is CC(C)N1[C@H](c2ccccc2)[C@@H](c2ccccc2)N(C(C)C)P1Cl.CC(C)N1[C@H](c2ccccc2)[C@@H](c2ccccc2)N(C(C)C)P1OCCNC(=S)Nc1ccccc1.OCCCC(=S)Cc1ccccc1. The van der Waals surface area contributed by atoms with E-state index in [0.717, 1.165) is 29.8 Å². The van der Waals surface area contributed by atoms with Gasteiger partial charge in [0.2, 0.25) is 0 Å². The van der Waals surface area contributed by atoms with Crippen LogP contribution >= 0.6 is 51.7 Å². The van der Waals surface area contributed by atoms with Gasteiger partial charge in [0.25, 0.3) is 0 Å². The number of nitrogens with one attached hydrogen (secondary N) is 2. The van der Waals surface area contributed by atoms with E-state index in [2.05, 4.69) is 218 Å². The van der Waals surface area contributed by atoms with Crippen LogP contribution < -0.4 is 10.6 Å². The van der Waals surface area contributed by atoms with E-state index >= 15 is 0 Å². The Morgan fingerprint density at radius 1 is 0.534 bits per heavy atom. The van der Waals surface area contributed by atoms with E-state index in [0.29, 0.717) is 42.4 Å². The third kappa shape index (κ3) is 16.3. The number of halogens is 1. The van der Waals surface area contributed by atoms with Crippen molar-refractivity contribution in [1.82, 2.24) is 24.0 Å². The Morgan fingerprint density at radius 3 is 1.23 bits per heavy atom. The summed E-state index contributed by atoms with van der Waals surface area (Å²) in [5.74, 6) is 0. The second-order valence-electron chi connectivity index (χ2n) is 19.4. The zero-order valence-corrected chi connectivity index (χ0v) is 48.1. The van der Waals surface area contributed by atoms with E-state index < -0.39 is 16.0 Å². The minimum Gasteiger partial charge on any atom is -0.396 e. The molecular weight excluding hydrogens is 998 g/mol. The van der Waals surface area contributed by atoms with Crippen molar-refractivity contribution in [3.8, 4) is 0 Å². The number of aliphatic hydroxyl groups is 1. The summed E-state index contributed by atoms with van der Waals surface area (Å²) in [6.45, 7) is 19.5.